The molecule has 22 heavy (non-hydrogen) atoms. The Labute approximate surface area is 127 Å². The van der Waals surface area contributed by atoms with Crippen LogP contribution < -0.4 is 16.4 Å². The average molecular weight is 295 g/mol. The van der Waals surface area contributed by atoms with Gasteiger partial charge >= 0.3 is 0 Å². The molecule has 0 bridgehead atoms. The zero-order chi connectivity index (χ0) is 15.1. The van der Waals surface area contributed by atoms with E-state index in [2.05, 4.69) is 24.8 Å². The molecule has 0 saturated carbocycles. The molecule has 7 heteroatoms. The van der Waals surface area contributed by atoms with E-state index in [1.807, 2.05) is 24.5 Å². The first kappa shape index (κ1) is 13.0. The van der Waals surface area contributed by atoms with Crippen LogP contribution in [0.25, 0.3) is 22.3 Å². The van der Waals surface area contributed by atoms with Gasteiger partial charge in [-0.25, -0.2) is 15.0 Å². The number of nitrogens with one attached hydrogen (secondary N) is 1. The van der Waals surface area contributed by atoms with Crippen molar-refractivity contribution in [1.82, 2.24) is 19.9 Å². The van der Waals surface area contributed by atoms with Gasteiger partial charge in [-0.05, 0) is 18.6 Å². The molecule has 1 aliphatic rings. The van der Waals surface area contributed by atoms with E-state index in [1.54, 1.807) is 6.20 Å². The van der Waals surface area contributed by atoms with Crippen LogP contribution in [0, 0.1) is 0 Å². The van der Waals surface area contributed by atoms with E-state index < -0.39 is 0 Å². The van der Waals surface area contributed by atoms with Gasteiger partial charge < -0.3 is 21.4 Å². The van der Waals surface area contributed by atoms with Crippen molar-refractivity contribution in [3.8, 4) is 11.3 Å². The zero-order valence-corrected chi connectivity index (χ0v) is 12.0. The Kier molecular flexibility index (Phi) is 2.93. The second kappa shape index (κ2) is 4.96. The molecule has 0 aliphatic carbocycles. The molecule has 112 valence electrons. The van der Waals surface area contributed by atoms with Crippen molar-refractivity contribution in [1.29, 1.82) is 0 Å². The minimum absolute atomic E-state index is 0.223. The maximum absolute atomic E-state index is 6.05. The number of rotatable bonds is 2. The van der Waals surface area contributed by atoms with Crippen LogP contribution in [-0.2, 0) is 0 Å². The lowest BCUT2D eigenvalue weighted by Gasteiger charge is -2.19. The average Bonchev–Trinajstić information content (AvgIpc) is 3.13. The number of hydrogen-bond acceptors (Lipinski definition) is 6. The van der Waals surface area contributed by atoms with Gasteiger partial charge in [0.05, 0.1) is 16.8 Å². The minimum Gasteiger partial charge on any atom is -0.369 e. The fourth-order valence-electron chi connectivity index (χ4n) is 3.03. The molecule has 4 heterocycles. The third-order valence-corrected chi connectivity index (χ3v) is 4.07. The second-order valence-electron chi connectivity index (χ2n) is 5.55. The number of H-pyrrole nitrogens is 1. The van der Waals surface area contributed by atoms with Crippen LogP contribution >= 0.6 is 0 Å². The van der Waals surface area contributed by atoms with Gasteiger partial charge in [-0.15, -0.1) is 0 Å². The fourth-order valence-corrected chi connectivity index (χ4v) is 3.03. The number of nitrogens with zero attached hydrogens (tertiary/aromatic N) is 4. The molecule has 1 aliphatic heterocycles. The maximum atomic E-state index is 6.05. The van der Waals surface area contributed by atoms with Crippen molar-refractivity contribution in [3.05, 3.63) is 30.7 Å². The number of aromatic amines is 1. The van der Waals surface area contributed by atoms with Crippen molar-refractivity contribution >= 4 is 22.7 Å². The summed E-state index contributed by atoms with van der Waals surface area (Å²) in [4.78, 5) is 18.2. The van der Waals surface area contributed by atoms with Crippen molar-refractivity contribution < 1.29 is 0 Å². The molecule has 0 spiro atoms. The molecular formula is C15H17N7. The summed E-state index contributed by atoms with van der Waals surface area (Å²) in [6.07, 6.45) is 6.40. The largest absolute Gasteiger partial charge is 0.369 e. The highest BCUT2D eigenvalue weighted by Gasteiger charge is 2.23. The lowest BCUT2D eigenvalue weighted by Crippen LogP contribution is -2.26. The molecule has 5 N–H and O–H groups in total. The molecule has 0 aromatic carbocycles. The number of hydrogen-bond donors (Lipinski definition) is 3. The summed E-state index contributed by atoms with van der Waals surface area (Å²) in [5.74, 6) is 0.264. The van der Waals surface area contributed by atoms with Crippen molar-refractivity contribution in [3.63, 3.8) is 0 Å². The highest BCUT2D eigenvalue weighted by atomic mass is 15.2. The van der Waals surface area contributed by atoms with Crippen LogP contribution in [0.15, 0.2) is 30.7 Å². The monoisotopic (exact) mass is 295 g/mol. The molecule has 3 aromatic rings. The van der Waals surface area contributed by atoms with Gasteiger partial charge in [0.2, 0.25) is 5.95 Å². The van der Waals surface area contributed by atoms with Gasteiger partial charge in [-0.3, -0.25) is 0 Å². The normalized spacial score (nSPS) is 18.2. The van der Waals surface area contributed by atoms with Crippen LogP contribution in [0.4, 0.5) is 11.6 Å². The number of fused-ring (bicyclic) bond motifs is 1. The maximum Gasteiger partial charge on any atom is 0.220 e. The smallest absolute Gasteiger partial charge is 0.220 e. The Balaban J connectivity index is 1.90. The Hall–Kier alpha value is -2.67. The molecule has 1 fully saturated rings. The van der Waals surface area contributed by atoms with E-state index in [4.69, 9.17) is 11.5 Å². The van der Waals surface area contributed by atoms with Crippen LogP contribution in [0.3, 0.4) is 0 Å². The highest BCUT2D eigenvalue weighted by molar-refractivity contribution is 6.02. The van der Waals surface area contributed by atoms with Gasteiger partial charge in [0.1, 0.15) is 5.65 Å². The molecular weight excluding hydrogens is 278 g/mol. The summed E-state index contributed by atoms with van der Waals surface area (Å²) in [7, 11) is 0. The van der Waals surface area contributed by atoms with Gasteiger partial charge in [0.15, 0.2) is 0 Å². The number of nitrogen functional groups attached to an aromatic ring is 1. The summed E-state index contributed by atoms with van der Waals surface area (Å²) in [5.41, 5.74) is 15.5. The van der Waals surface area contributed by atoms with E-state index in [9.17, 15) is 0 Å². The first-order valence-corrected chi connectivity index (χ1v) is 7.28. The molecule has 3 aromatic heterocycles. The molecule has 7 nitrogen and oxygen atoms in total. The molecule has 4 rings (SSSR count). The summed E-state index contributed by atoms with van der Waals surface area (Å²) in [6, 6.07) is 4.11. The lowest BCUT2D eigenvalue weighted by molar-refractivity contribution is 0.752. The molecule has 1 saturated heterocycles. The third kappa shape index (κ3) is 2.06. The standard InChI is InChI=1S/C15H17N7/c16-9-3-6-22(8-9)12-2-5-18-14-13(12)10(7-20-14)11-1-4-19-15(17)21-11/h1-2,4-5,7,9H,3,6,8,16H2,(H,18,20)(H2,17,19,21)/t9-/m0/s1. The Bertz CT molecular complexity index is 826. The Morgan fingerprint density at radius 1 is 1.23 bits per heavy atom. The van der Waals surface area contributed by atoms with Gasteiger partial charge in [0, 0.05) is 43.3 Å². The topological polar surface area (TPSA) is 110 Å². The van der Waals surface area contributed by atoms with E-state index in [1.165, 1.54) is 0 Å². The lowest BCUT2D eigenvalue weighted by atomic mass is 10.1. The third-order valence-electron chi connectivity index (χ3n) is 4.07. The van der Waals surface area contributed by atoms with Crippen molar-refractivity contribution in [2.45, 2.75) is 12.5 Å². The van der Waals surface area contributed by atoms with Gasteiger partial charge in [0.25, 0.3) is 0 Å². The van der Waals surface area contributed by atoms with Crippen LogP contribution in [0.2, 0.25) is 0 Å². The van der Waals surface area contributed by atoms with E-state index in [0.29, 0.717) is 0 Å². The molecule has 0 amide bonds. The van der Waals surface area contributed by atoms with Crippen molar-refractivity contribution in [2.75, 3.05) is 23.7 Å². The summed E-state index contributed by atoms with van der Waals surface area (Å²) in [6.45, 7) is 1.81. The zero-order valence-electron chi connectivity index (χ0n) is 12.0. The first-order valence-electron chi connectivity index (χ1n) is 7.28. The quantitative estimate of drug-likeness (QED) is 0.654. The van der Waals surface area contributed by atoms with E-state index in [0.717, 1.165) is 47.5 Å². The van der Waals surface area contributed by atoms with Crippen LogP contribution in [-0.4, -0.2) is 39.1 Å². The Morgan fingerprint density at radius 2 is 2.09 bits per heavy atom. The number of anilines is 2. The fraction of sp³-hybridized carbons (Fsp3) is 0.267. The number of aromatic nitrogens is 4. The molecule has 0 radical (unpaired) electrons. The van der Waals surface area contributed by atoms with E-state index in [-0.39, 0.29) is 12.0 Å². The predicted molar refractivity (Wildman–Crippen MR) is 86.3 cm³/mol. The van der Waals surface area contributed by atoms with Crippen LogP contribution in [0.1, 0.15) is 6.42 Å². The summed E-state index contributed by atoms with van der Waals surface area (Å²) < 4.78 is 0. The van der Waals surface area contributed by atoms with Gasteiger partial charge in [-0.2, -0.15) is 0 Å². The van der Waals surface area contributed by atoms with E-state index >= 15 is 0 Å². The summed E-state index contributed by atoms with van der Waals surface area (Å²) >= 11 is 0. The van der Waals surface area contributed by atoms with Gasteiger partial charge in [-0.1, -0.05) is 0 Å². The Morgan fingerprint density at radius 3 is 2.86 bits per heavy atom. The van der Waals surface area contributed by atoms with Crippen LogP contribution in [0.5, 0.6) is 0 Å². The predicted octanol–water partition coefficient (Wildman–Crippen LogP) is 1.14. The highest BCUT2D eigenvalue weighted by Crippen LogP contribution is 2.35. The molecule has 0 unspecified atom stereocenters. The summed E-state index contributed by atoms with van der Waals surface area (Å²) in [5, 5.41) is 1.05. The van der Waals surface area contributed by atoms with Crippen molar-refractivity contribution in [2.24, 2.45) is 5.73 Å². The SMILES string of the molecule is Nc1nccc(-c2c[nH]c3nccc(N4CC[C@H](N)C4)c23)n1. The minimum atomic E-state index is 0.223. The first-order chi connectivity index (χ1) is 10.7. The second-order valence-corrected chi connectivity index (χ2v) is 5.55. The molecule has 1 atom stereocenters. The number of nitrogens with two attached hydrogens (primary N) is 2. The number of pyridine rings is 1.